The zero-order chi connectivity index (χ0) is 13.2. The van der Waals surface area contributed by atoms with E-state index in [2.05, 4.69) is 36.4 Å². The highest BCUT2D eigenvalue weighted by molar-refractivity contribution is 9.11. The van der Waals surface area contributed by atoms with E-state index in [1.165, 1.54) is 0 Å². The quantitative estimate of drug-likeness (QED) is 0.556. The number of benzene rings is 1. The molecular formula is C13H11BrN4S. The van der Waals surface area contributed by atoms with Gasteiger partial charge >= 0.3 is 0 Å². The van der Waals surface area contributed by atoms with Crippen molar-refractivity contribution in [1.29, 1.82) is 0 Å². The molecule has 0 saturated carbocycles. The van der Waals surface area contributed by atoms with Crippen LogP contribution in [0, 0.1) is 0 Å². The molecule has 2 heterocycles. The molecule has 3 aromatic rings. The van der Waals surface area contributed by atoms with E-state index in [1.807, 2.05) is 43.3 Å². The average Bonchev–Trinajstić information content (AvgIpc) is 3.01. The van der Waals surface area contributed by atoms with E-state index in [-0.39, 0.29) is 0 Å². The smallest absolute Gasteiger partial charge is 0.222 e. The number of nitrogens with one attached hydrogen (secondary N) is 2. The Morgan fingerprint density at radius 1 is 1.32 bits per heavy atom. The fourth-order valence-electron chi connectivity index (χ4n) is 1.71. The molecule has 1 aromatic carbocycles. The van der Waals surface area contributed by atoms with E-state index in [9.17, 15) is 0 Å². The summed E-state index contributed by atoms with van der Waals surface area (Å²) < 4.78 is 1.10. The van der Waals surface area contributed by atoms with Crippen LogP contribution < -0.4 is 5.43 Å². The fourth-order valence-corrected chi connectivity index (χ4v) is 3.04. The van der Waals surface area contributed by atoms with Crippen LogP contribution in [0.3, 0.4) is 0 Å². The standard InChI is InChI=1S/C13H11BrN4S/c1-8(11-6-7-12(14)19-11)17-18-13-15-9-4-2-3-5-10(9)16-13/h2-7H,1H3,(H2,15,16,18)/b17-8-. The molecule has 0 saturated heterocycles. The van der Waals surface area contributed by atoms with Gasteiger partial charge in [0.05, 0.1) is 25.4 Å². The van der Waals surface area contributed by atoms with Crippen molar-refractivity contribution >= 4 is 50.0 Å². The van der Waals surface area contributed by atoms with Crippen LogP contribution in [0.2, 0.25) is 0 Å². The lowest BCUT2D eigenvalue weighted by Crippen LogP contribution is -1.98. The van der Waals surface area contributed by atoms with E-state index >= 15 is 0 Å². The zero-order valence-electron chi connectivity index (χ0n) is 10.1. The third kappa shape index (κ3) is 2.69. The van der Waals surface area contributed by atoms with Crippen molar-refractivity contribution in [2.45, 2.75) is 6.92 Å². The number of H-pyrrole nitrogens is 1. The van der Waals surface area contributed by atoms with Gasteiger partial charge in [-0.2, -0.15) is 5.10 Å². The summed E-state index contributed by atoms with van der Waals surface area (Å²) in [6, 6.07) is 11.9. The Morgan fingerprint density at radius 3 is 2.89 bits per heavy atom. The lowest BCUT2D eigenvalue weighted by atomic mass is 10.3. The lowest BCUT2D eigenvalue weighted by molar-refractivity contribution is 1.21. The van der Waals surface area contributed by atoms with Crippen molar-refractivity contribution in [1.82, 2.24) is 9.97 Å². The first kappa shape index (κ1) is 12.4. The van der Waals surface area contributed by atoms with E-state index in [0.717, 1.165) is 25.4 Å². The van der Waals surface area contributed by atoms with Crippen molar-refractivity contribution in [2.75, 3.05) is 5.43 Å². The van der Waals surface area contributed by atoms with Gasteiger partial charge in [-0.05, 0) is 47.1 Å². The maximum absolute atomic E-state index is 4.40. The molecule has 0 amide bonds. The van der Waals surface area contributed by atoms with Crippen molar-refractivity contribution in [3.8, 4) is 0 Å². The number of fused-ring (bicyclic) bond motifs is 1. The van der Waals surface area contributed by atoms with Crippen molar-refractivity contribution < 1.29 is 0 Å². The van der Waals surface area contributed by atoms with Gasteiger partial charge in [-0.1, -0.05) is 12.1 Å². The number of aromatic nitrogens is 2. The average molecular weight is 335 g/mol. The minimum atomic E-state index is 0.649. The molecule has 2 N–H and O–H groups in total. The number of halogens is 1. The SMILES string of the molecule is C/C(=N/Nc1nc2ccccc2[nH]1)c1ccc(Br)s1. The maximum Gasteiger partial charge on any atom is 0.222 e. The van der Waals surface area contributed by atoms with Crippen molar-refractivity contribution in [3.63, 3.8) is 0 Å². The Morgan fingerprint density at radius 2 is 2.16 bits per heavy atom. The van der Waals surface area contributed by atoms with Gasteiger partial charge in [0.15, 0.2) is 0 Å². The molecule has 2 aromatic heterocycles. The third-order valence-electron chi connectivity index (χ3n) is 2.65. The molecular weight excluding hydrogens is 324 g/mol. The molecule has 0 atom stereocenters. The number of anilines is 1. The van der Waals surface area contributed by atoms with Crippen LogP contribution in [-0.2, 0) is 0 Å². The van der Waals surface area contributed by atoms with Gasteiger partial charge in [0.25, 0.3) is 0 Å². The van der Waals surface area contributed by atoms with Crippen LogP contribution in [0.25, 0.3) is 11.0 Å². The van der Waals surface area contributed by atoms with Crippen LogP contribution in [-0.4, -0.2) is 15.7 Å². The summed E-state index contributed by atoms with van der Waals surface area (Å²) in [4.78, 5) is 8.70. The molecule has 96 valence electrons. The zero-order valence-corrected chi connectivity index (χ0v) is 12.5. The summed E-state index contributed by atoms with van der Waals surface area (Å²) in [5, 5.41) is 4.34. The lowest BCUT2D eigenvalue weighted by Gasteiger charge is -1.97. The Hall–Kier alpha value is -1.66. The predicted molar refractivity (Wildman–Crippen MR) is 83.9 cm³/mol. The van der Waals surface area contributed by atoms with Gasteiger partial charge in [0.2, 0.25) is 5.95 Å². The molecule has 0 aliphatic carbocycles. The number of aromatic amines is 1. The first-order chi connectivity index (χ1) is 9.22. The molecule has 0 radical (unpaired) electrons. The number of hydrazone groups is 1. The van der Waals surface area contributed by atoms with Gasteiger partial charge in [-0.15, -0.1) is 11.3 Å². The molecule has 3 rings (SSSR count). The summed E-state index contributed by atoms with van der Waals surface area (Å²) in [5.74, 6) is 0.649. The Labute approximate surface area is 122 Å². The monoisotopic (exact) mass is 334 g/mol. The Kier molecular flexibility index (Phi) is 3.35. The van der Waals surface area contributed by atoms with Crippen LogP contribution in [0.4, 0.5) is 5.95 Å². The number of hydrogen-bond donors (Lipinski definition) is 2. The normalized spacial score (nSPS) is 12.0. The third-order valence-corrected chi connectivity index (χ3v) is 4.38. The molecule has 4 nitrogen and oxygen atoms in total. The van der Waals surface area contributed by atoms with E-state index < -0.39 is 0 Å². The summed E-state index contributed by atoms with van der Waals surface area (Å²) in [6.45, 7) is 1.97. The number of rotatable bonds is 3. The highest BCUT2D eigenvalue weighted by atomic mass is 79.9. The van der Waals surface area contributed by atoms with Gasteiger partial charge < -0.3 is 4.98 Å². The molecule has 0 bridgehead atoms. The predicted octanol–water partition coefficient (Wildman–Crippen LogP) is 4.22. The van der Waals surface area contributed by atoms with Crippen LogP contribution >= 0.6 is 27.3 Å². The van der Waals surface area contributed by atoms with Gasteiger partial charge in [-0.25, -0.2) is 10.4 Å². The second-order valence-corrected chi connectivity index (χ2v) is 6.48. The van der Waals surface area contributed by atoms with Crippen LogP contribution in [0.1, 0.15) is 11.8 Å². The minimum absolute atomic E-state index is 0.649. The second kappa shape index (κ2) is 5.14. The summed E-state index contributed by atoms with van der Waals surface area (Å²) in [7, 11) is 0. The van der Waals surface area contributed by atoms with Gasteiger partial charge in [0.1, 0.15) is 0 Å². The van der Waals surface area contributed by atoms with E-state index in [0.29, 0.717) is 5.95 Å². The number of nitrogens with zero attached hydrogens (tertiary/aromatic N) is 2. The van der Waals surface area contributed by atoms with Crippen LogP contribution in [0.5, 0.6) is 0 Å². The Balaban J connectivity index is 1.81. The summed E-state index contributed by atoms with van der Waals surface area (Å²) in [5.41, 5.74) is 5.81. The Bertz CT molecular complexity index is 711. The minimum Gasteiger partial charge on any atom is -0.323 e. The maximum atomic E-state index is 4.40. The topological polar surface area (TPSA) is 53.1 Å². The van der Waals surface area contributed by atoms with Crippen molar-refractivity contribution in [3.05, 3.63) is 45.1 Å². The molecule has 6 heteroatoms. The highest BCUT2D eigenvalue weighted by Gasteiger charge is 2.03. The second-order valence-electron chi connectivity index (χ2n) is 4.02. The summed E-state index contributed by atoms with van der Waals surface area (Å²) in [6.07, 6.45) is 0. The molecule has 0 unspecified atom stereocenters. The molecule has 19 heavy (non-hydrogen) atoms. The van der Waals surface area contributed by atoms with E-state index in [1.54, 1.807) is 11.3 Å². The number of para-hydroxylation sites is 2. The molecule has 0 aliphatic rings. The number of hydrogen-bond acceptors (Lipinski definition) is 4. The van der Waals surface area contributed by atoms with Crippen molar-refractivity contribution in [2.24, 2.45) is 5.10 Å². The molecule has 0 fully saturated rings. The largest absolute Gasteiger partial charge is 0.323 e. The van der Waals surface area contributed by atoms with Gasteiger partial charge in [-0.3, -0.25) is 0 Å². The van der Waals surface area contributed by atoms with E-state index in [4.69, 9.17) is 0 Å². The first-order valence-corrected chi connectivity index (χ1v) is 7.34. The molecule has 0 aliphatic heterocycles. The summed E-state index contributed by atoms with van der Waals surface area (Å²) >= 11 is 5.10. The van der Waals surface area contributed by atoms with Crippen LogP contribution in [0.15, 0.2) is 45.3 Å². The first-order valence-electron chi connectivity index (χ1n) is 5.73. The fraction of sp³-hybridized carbons (Fsp3) is 0.0769. The number of imidazole rings is 1. The highest BCUT2D eigenvalue weighted by Crippen LogP contribution is 2.22. The number of thiophene rings is 1. The van der Waals surface area contributed by atoms with Gasteiger partial charge in [0, 0.05) is 0 Å². The molecule has 0 spiro atoms.